The standard InChI is InChI=1S/C23H22N2O/c1-26-21-15-16-22-18(17-21)9-8-14-23(22)24-25(19-10-4-2-5-11-19)20-12-6-3-7-13-20/h2-7,10-13,15-17H,8-9,14H2,1H3/b24-23-. The van der Waals surface area contributed by atoms with Gasteiger partial charge in [-0.1, -0.05) is 36.4 Å². The van der Waals surface area contributed by atoms with Gasteiger partial charge in [0.25, 0.3) is 0 Å². The van der Waals surface area contributed by atoms with E-state index in [1.54, 1.807) is 7.11 Å². The van der Waals surface area contributed by atoms with E-state index in [1.165, 1.54) is 11.1 Å². The van der Waals surface area contributed by atoms with Crippen LogP contribution in [-0.4, -0.2) is 12.8 Å². The molecule has 1 aliphatic rings. The molecule has 3 nitrogen and oxygen atoms in total. The van der Waals surface area contributed by atoms with Gasteiger partial charge < -0.3 is 4.74 Å². The lowest BCUT2D eigenvalue weighted by Crippen LogP contribution is -2.18. The van der Waals surface area contributed by atoms with Gasteiger partial charge in [0.1, 0.15) is 5.75 Å². The van der Waals surface area contributed by atoms with Crippen LogP contribution >= 0.6 is 0 Å². The Labute approximate surface area is 154 Å². The molecule has 0 N–H and O–H groups in total. The number of ether oxygens (including phenoxy) is 1. The van der Waals surface area contributed by atoms with Gasteiger partial charge in [-0.2, -0.15) is 5.10 Å². The summed E-state index contributed by atoms with van der Waals surface area (Å²) in [6, 6.07) is 26.9. The molecule has 0 aliphatic heterocycles. The van der Waals surface area contributed by atoms with E-state index in [9.17, 15) is 0 Å². The highest BCUT2D eigenvalue weighted by Gasteiger charge is 2.18. The summed E-state index contributed by atoms with van der Waals surface area (Å²) in [5, 5.41) is 7.12. The van der Waals surface area contributed by atoms with Crippen molar-refractivity contribution < 1.29 is 4.74 Å². The van der Waals surface area contributed by atoms with Crippen LogP contribution in [0.5, 0.6) is 5.75 Å². The van der Waals surface area contributed by atoms with E-state index in [0.717, 1.165) is 42.1 Å². The molecular formula is C23H22N2O. The number of benzene rings is 3. The number of hydrogen-bond acceptors (Lipinski definition) is 3. The molecule has 0 spiro atoms. The normalized spacial score (nSPS) is 14.7. The molecule has 3 aromatic rings. The highest BCUT2D eigenvalue weighted by Crippen LogP contribution is 2.30. The van der Waals surface area contributed by atoms with Crippen LogP contribution in [0.15, 0.2) is 84.0 Å². The minimum absolute atomic E-state index is 0.910. The second-order valence-corrected chi connectivity index (χ2v) is 6.41. The number of hydrogen-bond donors (Lipinski definition) is 0. The second-order valence-electron chi connectivity index (χ2n) is 6.41. The summed E-state index contributed by atoms with van der Waals surface area (Å²) in [4.78, 5) is 0. The average molecular weight is 342 g/mol. The van der Waals surface area contributed by atoms with Crippen LogP contribution in [-0.2, 0) is 6.42 Å². The Balaban J connectivity index is 1.79. The Morgan fingerprint density at radius 3 is 2.08 bits per heavy atom. The molecule has 0 bridgehead atoms. The SMILES string of the molecule is COc1ccc2c(c1)CCC/C2=N/N(c1ccccc1)c1ccccc1. The van der Waals surface area contributed by atoms with Crippen molar-refractivity contribution in [1.29, 1.82) is 0 Å². The van der Waals surface area contributed by atoms with Crippen LogP contribution in [0.2, 0.25) is 0 Å². The van der Waals surface area contributed by atoms with Gasteiger partial charge in [0.15, 0.2) is 0 Å². The highest BCUT2D eigenvalue weighted by atomic mass is 16.5. The molecule has 0 heterocycles. The van der Waals surface area contributed by atoms with E-state index in [2.05, 4.69) is 36.4 Å². The Morgan fingerprint density at radius 1 is 0.808 bits per heavy atom. The van der Waals surface area contributed by atoms with Crippen LogP contribution in [0.25, 0.3) is 0 Å². The summed E-state index contributed by atoms with van der Waals surface area (Å²) in [5.41, 5.74) is 5.80. The van der Waals surface area contributed by atoms with Gasteiger partial charge in [-0.05, 0) is 67.3 Å². The molecule has 130 valence electrons. The van der Waals surface area contributed by atoms with E-state index < -0.39 is 0 Å². The molecular weight excluding hydrogens is 320 g/mol. The first kappa shape index (κ1) is 16.4. The zero-order chi connectivity index (χ0) is 17.8. The molecule has 3 heteroatoms. The van der Waals surface area contributed by atoms with Crippen LogP contribution in [0.4, 0.5) is 11.4 Å². The largest absolute Gasteiger partial charge is 0.497 e. The molecule has 26 heavy (non-hydrogen) atoms. The Kier molecular flexibility index (Phi) is 4.69. The maximum absolute atomic E-state index is 5.38. The molecule has 3 aromatic carbocycles. The highest BCUT2D eigenvalue weighted by molar-refractivity contribution is 6.03. The monoisotopic (exact) mass is 342 g/mol. The summed E-state index contributed by atoms with van der Waals surface area (Å²) in [6.07, 6.45) is 3.16. The van der Waals surface area contributed by atoms with Crippen molar-refractivity contribution in [2.24, 2.45) is 5.10 Å². The lowest BCUT2D eigenvalue weighted by molar-refractivity contribution is 0.414. The van der Waals surface area contributed by atoms with Crippen molar-refractivity contribution >= 4 is 17.1 Å². The van der Waals surface area contributed by atoms with E-state index in [1.807, 2.05) is 47.5 Å². The summed E-state index contributed by atoms with van der Waals surface area (Å²) < 4.78 is 5.38. The molecule has 1 aliphatic carbocycles. The minimum atomic E-state index is 0.910. The fourth-order valence-corrected chi connectivity index (χ4v) is 3.39. The molecule has 0 saturated heterocycles. The van der Waals surface area contributed by atoms with Gasteiger partial charge in [0, 0.05) is 5.56 Å². The van der Waals surface area contributed by atoms with Gasteiger partial charge in [-0.15, -0.1) is 0 Å². The molecule has 4 rings (SSSR count). The quantitative estimate of drug-likeness (QED) is 0.579. The third-order valence-corrected chi connectivity index (χ3v) is 4.71. The summed E-state index contributed by atoms with van der Waals surface area (Å²) >= 11 is 0. The Morgan fingerprint density at radius 2 is 1.46 bits per heavy atom. The third kappa shape index (κ3) is 3.33. The number of nitrogens with zero attached hydrogens (tertiary/aromatic N) is 2. The number of rotatable bonds is 4. The van der Waals surface area contributed by atoms with Gasteiger partial charge in [0.05, 0.1) is 24.2 Å². The van der Waals surface area contributed by atoms with Gasteiger partial charge >= 0.3 is 0 Å². The molecule has 0 atom stereocenters. The number of para-hydroxylation sites is 2. The maximum Gasteiger partial charge on any atom is 0.119 e. The van der Waals surface area contributed by atoms with Crippen molar-refractivity contribution in [3.05, 3.63) is 90.0 Å². The van der Waals surface area contributed by atoms with E-state index >= 15 is 0 Å². The number of hydrazone groups is 1. The summed E-state index contributed by atoms with van der Waals surface area (Å²) in [6.45, 7) is 0. The number of fused-ring (bicyclic) bond motifs is 1. The Bertz CT molecular complexity index is 865. The first-order chi connectivity index (χ1) is 12.8. The predicted molar refractivity (Wildman–Crippen MR) is 107 cm³/mol. The van der Waals surface area contributed by atoms with Gasteiger partial charge in [-0.3, -0.25) is 0 Å². The zero-order valence-corrected chi connectivity index (χ0v) is 14.9. The fourth-order valence-electron chi connectivity index (χ4n) is 3.39. The van der Waals surface area contributed by atoms with Gasteiger partial charge in [-0.25, -0.2) is 5.01 Å². The second kappa shape index (κ2) is 7.44. The van der Waals surface area contributed by atoms with Crippen molar-refractivity contribution in [2.75, 3.05) is 12.1 Å². The summed E-state index contributed by atoms with van der Waals surface area (Å²) in [7, 11) is 1.71. The molecule has 0 unspecified atom stereocenters. The van der Waals surface area contributed by atoms with Crippen molar-refractivity contribution in [3.8, 4) is 5.75 Å². The van der Waals surface area contributed by atoms with Crippen molar-refractivity contribution in [1.82, 2.24) is 0 Å². The smallest absolute Gasteiger partial charge is 0.119 e. The zero-order valence-electron chi connectivity index (χ0n) is 14.9. The van der Waals surface area contributed by atoms with E-state index in [4.69, 9.17) is 9.84 Å². The van der Waals surface area contributed by atoms with Crippen molar-refractivity contribution in [3.63, 3.8) is 0 Å². The van der Waals surface area contributed by atoms with E-state index in [0.29, 0.717) is 0 Å². The van der Waals surface area contributed by atoms with Crippen LogP contribution in [0.3, 0.4) is 0 Å². The molecule has 0 amide bonds. The fraction of sp³-hybridized carbons (Fsp3) is 0.174. The molecule has 0 fully saturated rings. The summed E-state index contributed by atoms with van der Waals surface area (Å²) in [5.74, 6) is 0.910. The number of methoxy groups -OCH3 is 1. The minimum Gasteiger partial charge on any atom is -0.497 e. The average Bonchev–Trinajstić information content (AvgIpc) is 2.73. The third-order valence-electron chi connectivity index (χ3n) is 4.71. The van der Waals surface area contributed by atoms with E-state index in [-0.39, 0.29) is 0 Å². The van der Waals surface area contributed by atoms with Gasteiger partial charge in [0.2, 0.25) is 0 Å². The first-order valence-corrected chi connectivity index (χ1v) is 9.00. The first-order valence-electron chi connectivity index (χ1n) is 9.00. The number of aryl methyl sites for hydroxylation is 1. The molecule has 0 radical (unpaired) electrons. The van der Waals surface area contributed by atoms with Crippen molar-refractivity contribution in [2.45, 2.75) is 19.3 Å². The van der Waals surface area contributed by atoms with Crippen LogP contribution in [0.1, 0.15) is 24.0 Å². The Hall–Kier alpha value is -3.07. The lowest BCUT2D eigenvalue weighted by Gasteiger charge is -2.24. The maximum atomic E-state index is 5.38. The van der Waals surface area contributed by atoms with Crippen LogP contribution < -0.4 is 9.75 Å². The predicted octanol–water partition coefficient (Wildman–Crippen LogP) is 5.57. The lowest BCUT2D eigenvalue weighted by atomic mass is 9.90. The topological polar surface area (TPSA) is 24.8 Å². The molecule has 0 saturated carbocycles. The molecule has 0 aromatic heterocycles. The number of anilines is 2. The van der Waals surface area contributed by atoms with Crippen LogP contribution in [0, 0.1) is 0 Å².